The van der Waals surface area contributed by atoms with Gasteiger partial charge in [-0.15, -0.1) is 11.3 Å². The van der Waals surface area contributed by atoms with Crippen molar-refractivity contribution < 1.29 is 9.32 Å². The van der Waals surface area contributed by atoms with Crippen LogP contribution in [-0.4, -0.2) is 65.5 Å². The van der Waals surface area contributed by atoms with Gasteiger partial charge in [-0.1, -0.05) is 11.6 Å². The number of aromatic nitrogens is 1. The lowest BCUT2D eigenvalue weighted by molar-refractivity contribution is 0.0715. The summed E-state index contributed by atoms with van der Waals surface area (Å²) in [6, 6.07) is 0.484. The van der Waals surface area contributed by atoms with Gasteiger partial charge < -0.3 is 14.3 Å². The fourth-order valence-electron chi connectivity index (χ4n) is 4.63. The molecule has 1 saturated heterocycles. The van der Waals surface area contributed by atoms with Crippen LogP contribution >= 0.6 is 11.3 Å². The van der Waals surface area contributed by atoms with Crippen molar-refractivity contribution in [1.29, 1.82) is 0 Å². The van der Waals surface area contributed by atoms with Gasteiger partial charge in [0, 0.05) is 55.1 Å². The molecule has 29 heavy (non-hydrogen) atoms. The van der Waals surface area contributed by atoms with Gasteiger partial charge in [-0.05, 0) is 52.3 Å². The predicted molar refractivity (Wildman–Crippen MR) is 115 cm³/mol. The van der Waals surface area contributed by atoms with Gasteiger partial charge in [0.25, 0.3) is 5.91 Å². The van der Waals surface area contributed by atoms with Crippen molar-refractivity contribution in [1.82, 2.24) is 19.9 Å². The number of carbonyl (C=O) groups excluding carboxylic acids is 1. The second-order valence-corrected chi connectivity index (χ2v) is 9.59. The van der Waals surface area contributed by atoms with Gasteiger partial charge in [0.05, 0.1) is 11.3 Å². The molecular formula is C22H32N4O2S. The van der Waals surface area contributed by atoms with E-state index in [2.05, 4.69) is 27.4 Å². The molecule has 1 atom stereocenters. The van der Waals surface area contributed by atoms with E-state index in [0.29, 0.717) is 6.04 Å². The van der Waals surface area contributed by atoms with Gasteiger partial charge in [0.2, 0.25) is 0 Å². The van der Waals surface area contributed by atoms with Gasteiger partial charge in [-0.2, -0.15) is 0 Å². The Hall–Kier alpha value is -1.70. The van der Waals surface area contributed by atoms with Crippen molar-refractivity contribution in [3.05, 3.63) is 38.4 Å². The van der Waals surface area contributed by atoms with Crippen LogP contribution in [0.2, 0.25) is 0 Å². The first-order chi connectivity index (χ1) is 13.9. The molecule has 0 aromatic carbocycles. The van der Waals surface area contributed by atoms with Crippen LogP contribution in [0.3, 0.4) is 0 Å². The smallest absolute Gasteiger partial charge is 0.254 e. The molecule has 0 aliphatic carbocycles. The van der Waals surface area contributed by atoms with Crippen LogP contribution < -0.4 is 0 Å². The molecule has 2 aliphatic rings. The topological polar surface area (TPSA) is 52.8 Å². The second kappa shape index (κ2) is 8.58. The van der Waals surface area contributed by atoms with Crippen LogP contribution in [0, 0.1) is 13.8 Å². The first kappa shape index (κ1) is 20.6. The van der Waals surface area contributed by atoms with E-state index in [1.807, 2.05) is 25.8 Å². The second-order valence-electron chi connectivity index (χ2n) is 8.63. The highest BCUT2D eigenvalue weighted by molar-refractivity contribution is 7.10. The summed E-state index contributed by atoms with van der Waals surface area (Å²) in [6.07, 6.45) is 4.66. The Kier molecular flexibility index (Phi) is 6.08. The molecule has 0 saturated carbocycles. The molecule has 0 N–H and O–H groups in total. The molecule has 2 aromatic rings. The predicted octanol–water partition coefficient (Wildman–Crippen LogP) is 3.47. The van der Waals surface area contributed by atoms with Gasteiger partial charge in [-0.3, -0.25) is 9.69 Å². The van der Waals surface area contributed by atoms with Gasteiger partial charge >= 0.3 is 0 Å². The molecular weight excluding hydrogens is 384 g/mol. The number of likely N-dealkylation sites (tertiary alicyclic amines) is 1. The third-order valence-electron chi connectivity index (χ3n) is 6.57. The summed E-state index contributed by atoms with van der Waals surface area (Å²) in [5.74, 6) is 1.09. The Morgan fingerprint density at radius 2 is 2.17 bits per heavy atom. The summed E-state index contributed by atoms with van der Waals surface area (Å²) in [5, 5.41) is 6.15. The zero-order valence-corrected chi connectivity index (χ0v) is 18.8. The van der Waals surface area contributed by atoms with Crippen molar-refractivity contribution in [3.8, 4) is 0 Å². The van der Waals surface area contributed by atoms with Crippen LogP contribution in [0.15, 0.2) is 9.90 Å². The fourth-order valence-corrected chi connectivity index (χ4v) is 5.74. The van der Waals surface area contributed by atoms with Crippen molar-refractivity contribution in [2.24, 2.45) is 0 Å². The summed E-state index contributed by atoms with van der Waals surface area (Å²) in [7, 11) is 4.14. The number of likely N-dealkylation sites (N-methyl/N-ethyl adjacent to an activating group) is 2. The Labute approximate surface area is 177 Å². The lowest BCUT2D eigenvalue weighted by Crippen LogP contribution is -2.45. The number of rotatable bonds is 5. The number of amides is 1. The summed E-state index contributed by atoms with van der Waals surface area (Å²) >= 11 is 1.73. The molecule has 7 heteroatoms. The molecule has 0 bridgehead atoms. The lowest BCUT2D eigenvalue weighted by atomic mass is 10.0. The van der Waals surface area contributed by atoms with Crippen molar-refractivity contribution in [3.63, 3.8) is 0 Å². The number of thiophene rings is 1. The molecule has 0 spiro atoms. The normalized spacial score (nSPS) is 20.6. The Morgan fingerprint density at radius 3 is 2.90 bits per heavy atom. The Bertz CT molecular complexity index is 855. The van der Waals surface area contributed by atoms with Crippen LogP contribution in [0.5, 0.6) is 0 Å². The lowest BCUT2D eigenvalue weighted by Gasteiger charge is -2.35. The zero-order chi connectivity index (χ0) is 20.5. The maximum Gasteiger partial charge on any atom is 0.254 e. The van der Waals surface area contributed by atoms with E-state index < -0.39 is 0 Å². The van der Waals surface area contributed by atoms with Crippen molar-refractivity contribution in [2.75, 3.05) is 33.7 Å². The third kappa shape index (κ3) is 4.27. The molecule has 1 unspecified atom stereocenters. The first-order valence-corrected chi connectivity index (χ1v) is 11.5. The van der Waals surface area contributed by atoms with Gasteiger partial charge in [0.1, 0.15) is 5.76 Å². The monoisotopic (exact) mass is 416 g/mol. The molecule has 4 heterocycles. The SMILES string of the molecule is Cc1noc(C)c1CN1CCc2c(C(=O)N(C)CC3CCCCN3C)csc2C1. The largest absolute Gasteiger partial charge is 0.361 e. The average Bonchev–Trinajstić information content (AvgIpc) is 3.27. The third-order valence-corrected chi connectivity index (χ3v) is 7.59. The number of nitrogens with zero attached hydrogens (tertiary/aromatic N) is 4. The molecule has 4 rings (SSSR count). The summed E-state index contributed by atoms with van der Waals surface area (Å²) in [5.41, 5.74) is 4.35. The van der Waals surface area contributed by atoms with E-state index in [1.54, 1.807) is 11.3 Å². The minimum atomic E-state index is 0.181. The van der Waals surface area contributed by atoms with Crippen LogP contribution in [0.1, 0.15) is 57.1 Å². The van der Waals surface area contributed by atoms with E-state index in [9.17, 15) is 4.79 Å². The summed E-state index contributed by atoms with van der Waals surface area (Å²) < 4.78 is 5.31. The first-order valence-electron chi connectivity index (χ1n) is 10.6. The number of hydrogen-bond acceptors (Lipinski definition) is 6. The van der Waals surface area contributed by atoms with E-state index in [1.165, 1.54) is 35.3 Å². The van der Waals surface area contributed by atoms with Gasteiger partial charge in [-0.25, -0.2) is 0 Å². The molecule has 1 fully saturated rings. The number of carbonyl (C=O) groups is 1. The number of fused-ring (bicyclic) bond motifs is 1. The van der Waals surface area contributed by atoms with Crippen LogP contribution in [-0.2, 0) is 19.5 Å². The van der Waals surface area contributed by atoms with E-state index in [4.69, 9.17) is 4.52 Å². The minimum absolute atomic E-state index is 0.181. The maximum absolute atomic E-state index is 13.2. The van der Waals surface area contributed by atoms with Crippen LogP contribution in [0.25, 0.3) is 0 Å². The van der Waals surface area contributed by atoms with E-state index in [0.717, 1.165) is 56.2 Å². The maximum atomic E-state index is 13.2. The molecule has 2 aliphatic heterocycles. The minimum Gasteiger partial charge on any atom is -0.361 e. The zero-order valence-electron chi connectivity index (χ0n) is 18.0. The molecule has 6 nitrogen and oxygen atoms in total. The molecule has 158 valence electrons. The fraction of sp³-hybridized carbons (Fsp3) is 0.636. The standard InChI is InChI=1S/C22H32N4O2S/c1-15-19(16(2)28-23-15)12-26-10-8-18-20(14-29-21(18)13-26)22(27)25(4)11-17-7-5-6-9-24(17)3/h14,17H,5-13H2,1-4H3. The highest BCUT2D eigenvalue weighted by atomic mass is 32.1. The number of hydrogen-bond donors (Lipinski definition) is 0. The average molecular weight is 417 g/mol. The molecule has 1 amide bonds. The summed E-state index contributed by atoms with van der Waals surface area (Å²) in [4.78, 5) is 21.3. The summed E-state index contributed by atoms with van der Waals surface area (Å²) in [6.45, 7) is 8.65. The van der Waals surface area contributed by atoms with Crippen LogP contribution in [0.4, 0.5) is 0 Å². The van der Waals surface area contributed by atoms with Gasteiger partial charge in [0.15, 0.2) is 0 Å². The highest BCUT2D eigenvalue weighted by Crippen LogP contribution is 2.31. The number of piperidine rings is 1. The Balaban J connectivity index is 1.41. The molecule has 2 aromatic heterocycles. The number of aryl methyl sites for hydroxylation is 2. The van der Waals surface area contributed by atoms with Crippen molar-refractivity contribution in [2.45, 2.75) is 58.7 Å². The molecule has 0 radical (unpaired) electrons. The highest BCUT2D eigenvalue weighted by Gasteiger charge is 2.28. The van der Waals surface area contributed by atoms with E-state index >= 15 is 0 Å². The Morgan fingerprint density at radius 1 is 1.34 bits per heavy atom. The quantitative estimate of drug-likeness (QED) is 0.747. The van der Waals surface area contributed by atoms with Crippen molar-refractivity contribution >= 4 is 17.2 Å². The van der Waals surface area contributed by atoms with E-state index in [-0.39, 0.29) is 5.91 Å².